The van der Waals surface area contributed by atoms with Crippen molar-refractivity contribution in [1.82, 2.24) is 14.9 Å². The fourth-order valence-electron chi connectivity index (χ4n) is 3.01. The zero-order valence-electron chi connectivity index (χ0n) is 12.4. The fraction of sp³-hybridized carbons (Fsp3) is 0.562. The van der Waals surface area contributed by atoms with Gasteiger partial charge < -0.3 is 15.6 Å². The Morgan fingerprint density at radius 1 is 1.35 bits per heavy atom. The predicted molar refractivity (Wildman–Crippen MR) is 83.6 cm³/mol. The molecule has 2 heterocycles. The van der Waals surface area contributed by atoms with Gasteiger partial charge in [0, 0.05) is 25.2 Å². The molecule has 108 valence electrons. The number of nitrogens with one attached hydrogen (secondary N) is 1. The summed E-state index contributed by atoms with van der Waals surface area (Å²) in [6, 6.07) is 5.84. The average molecular weight is 272 g/mol. The Balaban J connectivity index is 1.62. The Hall–Kier alpha value is -1.55. The van der Waals surface area contributed by atoms with Gasteiger partial charge >= 0.3 is 0 Å². The van der Waals surface area contributed by atoms with Crippen molar-refractivity contribution in [2.24, 2.45) is 11.8 Å². The van der Waals surface area contributed by atoms with Gasteiger partial charge in [-0.2, -0.15) is 0 Å². The molecule has 1 saturated heterocycles. The lowest BCUT2D eigenvalue weighted by molar-refractivity contribution is 0.139. The zero-order valence-corrected chi connectivity index (χ0v) is 12.4. The van der Waals surface area contributed by atoms with Crippen LogP contribution in [-0.4, -0.2) is 34.5 Å². The Morgan fingerprint density at radius 3 is 3.00 bits per heavy atom. The van der Waals surface area contributed by atoms with Gasteiger partial charge in [0.05, 0.1) is 11.0 Å². The molecule has 3 N–H and O–H groups in total. The Bertz CT molecular complexity index is 589. The summed E-state index contributed by atoms with van der Waals surface area (Å²) in [7, 11) is 0. The highest BCUT2D eigenvalue weighted by Crippen LogP contribution is 2.22. The lowest BCUT2D eigenvalue weighted by Gasteiger charge is -2.35. The minimum atomic E-state index is 0.784. The molecule has 3 rings (SSSR count). The minimum absolute atomic E-state index is 0.784. The van der Waals surface area contributed by atoms with E-state index < -0.39 is 0 Å². The van der Waals surface area contributed by atoms with Crippen LogP contribution < -0.4 is 5.73 Å². The molecular formula is C16H24N4. The lowest BCUT2D eigenvalue weighted by Crippen LogP contribution is -2.39. The molecule has 4 nitrogen and oxygen atoms in total. The first-order valence-electron chi connectivity index (χ1n) is 7.58. The molecule has 0 amide bonds. The van der Waals surface area contributed by atoms with E-state index in [-0.39, 0.29) is 0 Å². The molecule has 0 aliphatic carbocycles. The van der Waals surface area contributed by atoms with Crippen molar-refractivity contribution in [3.63, 3.8) is 0 Å². The van der Waals surface area contributed by atoms with Gasteiger partial charge in [-0.3, -0.25) is 0 Å². The van der Waals surface area contributed by atoms with Gasteiger partial charge in [-0.05, 0) is 43.0 Å². The summed E-state index contributed by atoms with van der Waals surface area (Å²) in [4.78, 5) is 10.6. The highest BCUT2D eigenvalue weighted by atomic mass is 15.1. The number of H-pyrrole nitrogens is 1. The van der Waals surface area contributed by atoms with E-state index >= 15 is 0 Å². The van der Waals surface area contributed by atoms with E-state index in [0.29, 0.717) is 0 Å². The number of likely N-dealkylation sites (tertiary alicyclic amines) is 1. The minimum Gasteiger partial charge on any atom is -0.399 e. The molecular weight excluding hydrogens is 248 g/mol. The molecule has 1 aromatic carbocycles. The monoisotopic (exact) mass is 272 g/mol. The maximum absolute atomic E-state index is 5.80. The second-order valence-electron chi connectivity index (χ2n) is 6.25. The molecule has 1 aliphatic heterocycles. The highest BCUT2D eigenvalue weighted by molar-refractivity contribution is 5.78. The third kappa shape index (κ3) is 2.80. The first-order chi connectivity index (χ1) is 9.61. The number of rotatable bonds is 3. The molecule has 2 unspecified atom stereocenters. The van der Waals surface area contributed by atoms with Crippen molar-refractivity contribution in [3.8, 4) is 0 Å². The van der Waals surface area contributed by atoms with Crippen molar-refractivity contribution >= 4 is 16.7 Å². The number of hydrogen-bond donors (Lipinski definition) is 2. The van der Waals surface area contributed by atoms with Gasteiger partial charge in [-0.15, -0.1) is 0 Å². The van der Waals surface area contributed by atoms with Gasteiger partial charge in [-0.1, -0.05) is 13.8 Å². The molecule has 1 aromatic heterocycles. The van der Waals surface area contributed by atoms with Crippen molar-refractivity contribution in [2.45, 2.75) is 26.7 Å². The smallest absolute Gasteiger partial charge is 0.108 e. The van der Waals surface area contributed by atoms with Crippen LogP contribution in [0.2, 0.25) is 0 Å². The van der Waals surface area contributed by atoms with E-state index in [1.807, 2.05) is 18.2 Å². The summed E-state index contributed by atoms with van der Waals surface area (Å²) in [5.41, 5.74) is 8.63. The van der Waals surface area contributed by atoms with E-state index in [4.69, 9.17) is 5.73 Å². The first-order valence-corrected chi connectivity index (χ1v) is 7.58. The second kappa shape index (κ2) is 5.44. The normalized spacial score (nSPS) is 24.3. The molecule has 0 saturated carbocycles. The molecule has 2 atom stereocenters. The molecule has 0 spiro atoms. The van der Waals surface area contributed by atoms with Gasteiger partial charge in [0.25, 0.3) is 0 Å². The number of nitrogen functional groups attached to an aromatic ring is 1. The summed E-state index contributed by atoms with van der Waals surface area (Å²) in [6.07, 6.45) is 2.30. The van der Waals surface area contributed by atoms with Crippen molar-refractivity contribution in [3.05, 3.63) is 24.0 Å². The molecule has 0 bridgehead atoms. The first kappa shape index (κ1) is 13.4. The molecule has 1 fully saturated rings. The van der Waals surface area contributed by atoms with Gasteiger partial charge in [0.15, 0.2) is 0 Å². The van der Waals surface area contributed by atoms with Gasteiger partial charge in [-0.25, -0.2) is 4.98 Å². The molecule has 4 heteroatoms. The Kier molecular flexibility index (Phi) is 3.66. The summed E-state index contributed by atoms with van der Waals surface area (Å²) >= 11 is 0. The Labute approximate surface area is 120 Å². The maximum atomic E-state index is 5.80. The highest BCUT2D eigenvalue weighted by Gasteiger charge is 2.22. The standard InChI is InChI=1S/C16H24N4/c1-11-5-7-20(10-12(11)2)8-6-16-18-14-4-3-13(17)9-15(14)19-16/h3-4,9,11-12H,5-8,10,17H2,1-2H3,(H,18,19). The van der Waals surface area contributed by atoms with E-state index in [0.717, 1.165) is 47.3 Å². The number of piperidine rings is 1. The molecule has 0 radical (unpaired) electrons. The summed E-state index contributed by atoms with van der Waals surface area (Å²) in [5, 5.41) is 0. The molecule has 20 heavy (non-hydrogen) atoms. The summed E-state index contributed by atoms with van der Waals surface area (Å²) in [5.74, 6) is 2.73. The number of nitrogens with two attached hydrogens (primary N) is 1. The van der Waals surface area contributed by atoms with E-state index in [1.165, 1.54) is 19.5 Å². The fourth-order valence-corrected chi connectivity index (χ4v) is 3.01. The maximum Gasteiger partial charge on any atom is 0.108 e. The number of aromatic nitrogens is 2. The van der Waals surface area contributed by atoms with Crippen LogP contribution in [0.3, 0.4) is 0 Å². The van der Waals surface area contributed by atoms with Crippen LogP contribution in [0.1, 0.15) is 26.1 Å². The van der Waals surface area contributed by atoms with E-state index in [9.17, 15) is 0 Å². The van der Waals surface area contributed by atoms with Crippen molar-refractivity contribution in [1.29, 1.82) is 0 Å². The second-order valence-corrected chi connectivity index (χ2v) is 6.25. The quantitative estimate of drug-likeness (QED) is 0.845. The Morgan fingerprint density at radius 2 is 2.20 bits per heavy atom. The van der Waals surface area contributed by atoms with E-state index in [2.05, 4.69) is 28.7 Å². The largest absolute Gasteiger partial charge is 0.399 e. The van der Waals surface area contributed by atoms with Crippen LogP contribution in [0.4, 0.5) is 5.69 Å². The van der Waals surface area contributed by atoms with Crippen LogP contribution in [0.25, 0.3) is 11.0 Å². The van der Waals surface area contributed by atoms with Crippen LogP contribution >= 0.6 is 0 Å². The third-order valence-corrected chi connectivity index (χ3v) is 4.64. The number of aromatic amines is 1. The molecule has 1 aliphatic rings. The van der Waals surface area contributed by atoms with Crippen LogP contribution in [0.15, 0.2) is 18.2 Å². The summed E-state index contributed by atoms with van der Waals surface area (Å²) in [6.45, 7) is 8.26. The number of imidazole rings is 1. The number of nitrogens with zero attached hydrogens (tertiary/aromatic N) is 2. The van der Waals surface area contributed by atoms with Gasteiger partial charge in [0.1, 0.15) is 5.82 Å². The topological polar surface area (TPSA) is 57.9 Å². The average Bonchev–Trinajstić information content (AvgIpc) is 2.82. The van der Waals surface area contributed by atoms with Crippen molar-refractivity contribution in [2.75, 3.05) is 25.4 Å². The van der Waals surface area contributed by atoms with Crippen LogP contribution in [0, 0.1) is 11.8 Å². The number of anilines is 1. The lowest BCUT2D eigenvalue weighted by atomic mass is 9.89. The zero-order chi connectivity index (χ0) is 14.1. The summed E-state index contributed by atoms with van der Waals surface area (Å²) < 4.78 is 0. The van der Waals surface area contributed by atoms with Crippen molar-refractivity contribution < 1.29 is 0 Å². The predicted octanol–water partition coefficient (Wildman–Crippen LogP) is 2.67. The van der Waals surface area contributed by atoms with Gasteiger partial charge in [0.2, 0.25) is 0 Å². The number of fused-ring (bicyclic) bond motifs is 1. The van der Waals surface area contributed by atoms with Crippen LogP contribution in [0.5, 0.6) is 0 Å². The number of hydrogen-bond acceptors (Lipinski definition) is 3. The SMILES string of the molecule is CC1CCN(CCc2nc3ccc(N)cc3[nH]2)CC1C. The number of benzene rings is 1. The van der Waals surface area contributed by atoms with Crippen LogP contribution in [-0.2, 0) is 6.42 Å². The molecule has 2 aromatic rings. The van der Waals surface area contributed by atoms with E-state index in [1.54, 1.807) is 0 Å². The third-order valence-electron chi connectivity index (χ3n) is 4.64.